The molecule has 0 bridgehead atoms. The molecule has 2 atom stereocenters. The van der Waals surface area contributed by atoms with Gasteiger partial charge in [-0.15, -0.1) is 0 Å². The first-order valence-electron chi connectivity index (χ1n) is 5.41. The van der Waals surface area contributed by atoms with Crippen molar-refractivity contribution in [1.82, 2.24) is 0 Å². The Balaban J connectivity index is 2.09. The molecule has 4 heteroatoms. The second kappa shape index (κ2) is 6.44. The second-order valence-corrected chi connectivity index (χ2v) is 8.59. The van der Waals surface area contributed by atoms with Gasteiger partial charge < -0.3 is 0 Å². The summed E-state index contributed by atoms with van der Waals surface area (Å²) in [5.41, 5.74) is 1.37. The van der Waals surface area contributed by atoms with Crippen LogP contribution in [0.1, 0.15) is 0 Å². The van der Waals surface area contributed by atoms with E-state index in [2.05, 4.69) is 67.1 Å². The molecule has 2 unspecified atom stereocenters. The van der Waals surface area contributed by atoms with Crippen LogP contribution >= 0.6 is 31.9 Å². The Labute approximate surface area is 120 Å². The van der Waals surface area contributed by atoms with E-state index in [0.717, 1.165) is 35.2 Å². The molecule has 1 nitrogen and oxygen atoms in total. The Kier molecular flexibility index (Phi) is 5.21. The number of para-hydroxylation sites is 1. The Bertz CT molecular complexity index is 308. The van der Waals surface area contributed by atoms with E-state index < -0.39 is 0 Å². The number of hydrogen-bond donors (Lipinski definition) is 0. The fraction of sp³-hybridized carbons (Fsp3) is 0.500. The molecule has 0 aliphatic carbocycles. The van der Waals surface area contributed by atoms with E-state index in [-0.39, 0.29) is 0 Å². The van der Waals surface area contributed by atoms with Gasteiger partial charge in [0.25, 0.3) is 0 Å². The summed E-state index contributed by atoms with van der Waals surface area (Å²) >= 11 is 8.04. The van der Waals surface area contributed by atoms with Gasteiger partial charge in [0, 0.05) is 0 Å². The van der Waals surface area contributed by atoms with E-state index in [1.807, 2.05) is 0 Å². The van der Waals surface area contributed by atoms with Crippen molar-refractivity contribution in [3.05, 3.63) is 30.3 Å². The normalized spacial score (nSPS) is 25.8. The predicted molar refractivity (Wildman–Crippen MR) is 79.5 cm³/mol. The molecule has 1 saturated heterocycles. The summed E-state index contributed by atoms with van der Waals surface area (Å²) in [5, 5.41) is 2.28. The molecule has 0 N–H and O–H groups in total. The Morgan fingerprint density at radius 1 is 1.06 bits per heavy atom. The minimum absolute atomic E-state index is 0.762. The standard InChI is InChI=1S/C12H15Br2NSe/c13-6-11-8-15(9-12(7-14)16-11)10-4-2-1-3-5-10/h1-5,11-12H,6-9H2. The SMILES string of the molecule is BrCC1CN(c2ccccc2)CC(CBr)[Se]1. The zero-order valence-corrected chi connectivity index (χ0v) is 13.9. The molecule has 1 aromatic carbocycles. The molecule has 2 rings (SSSR count). The van der Waals surface area contributed by atoms with Crippen LogP contribution in [0, 0.1) is 0 Å². The first kappa shape index (κ1) is 12.9. The van der Waals surface area contributed by atoms with E-state index >= 15 is 0 Å². The van der Waals surface area contributed by atoms with Crippen molar-refractivity contribution in [3.8, 4) is 0 Å². The molecular weight excluding hydrogens is 397 g/mol. The maximum absolute atomic E-state index is 3.64. The van der Waals surface area contributed by atoms with Gasteiger partial charge in [0.2, 0.25) is 0 Å². The topological polar surface area (TPSA) is 3.24 Å². The van der Waals surface area contributed by atoms with Crippen LogP contribution in [0.2, 0.25) is 9.63 Å². The number of hydrogen-bond acceptors (Lipinski definition) is 1. The summed E-state index contributed by atoms with van der Waals surface area (Å²) in [4.78, 5) is 4.20. The predicted octanol–water partition coefficient (Wildman–Crippen LogP) is 3.58. The van der Waals surface area contributed by atoms with Crippen molar-refractivity contribution in [2.24, 2.45) is 0 Å². The molecule has 1 fully saturated rings. The van der Waals surface area contributed by atoms with Crippen molar-refractivity contribution in [2.75, 3.05) is 28.6 Å². The van der Waals surface area contributed by atoms with Crippen LogP contribution in [0.4, 0.5) is 5.69 Å². The fourth-order valence-electron chi connectivity index (χ4n) is 1.94. The first-order valence-corrected chi connectivity index (χ1v) is 9.63. The Hall–Kier alpha value is 0.499. The summed E-state index contributed by atoms with van der Waals surface area (Å²) in [7, 11) is 0. The van der Waals surface area contributed by atoms with Gasteiger partial charge in [0.15, 0.2) is 0 Å². The summed E-state index contributed by atoms with van der Waals surface area (Å²) in [6, 6.07) is 10.8. The van der Waals surface area contributed by atoms with Gasteiger partial charge >= 0.3 is 121 Å². The summed E-state index contributed by atoms with van der Waals surface area (Å²) in [6.45, 7) is 2.41. The summed E-state index contributed by atoms with van der Waals surface area (Å²) < 4.78 is 0. The molecular formula is C12H15Br2NSe. The third kappa shape index (κ3) is 3.25. The zero-order valence-electron chi connectivity index (χ0n) is 8.98. The first-order chi connectivity index (χ1) is 7.83. The van der Waals surface area contributed by atoms with Crippen molar-refractivity contribution < 1.29 is 0 Å². The fourth-order valence-corrected chi connectivity index (χ4v) is 6.50. The molecule has 16 heavy (non-hydrogen) atoms. The third-order valence-electron chi connectivity index (χ3n) is 2.70. The number of rotatable bonds is 3. The van der Waals surface area contributed by atoms with Gasteiger partial charge in [-0.1, -0.05) is 0 Å². The monoisotopic (exact) mass is 411 g/mol. The molecule has 0 radical (unpaired) electrons. The minimum atomic E-state index is 0.762. The van der Waals surface area contributed by atoms with Crippen molar-refractivity contribution in [1.29, 1.82) is 0 Å². The summed E-state index contributed by atoms with van der Waals surface area (Å²) in [5.74, 6) is 0. The average Bonchev–Trinajstić information content (AvgIpc) is 2.39. The molecule has 1 aliphatic heterocycles. The number of nitrogens with zero attached hydrogens (tertiary/aromatic N) is 1. The Morgan fingerprint density at radius 3 is 2.12 bits per heavy atom. The molecule has 0 amide bonds. The van der Waals surface area contributed by atoms with Gasteiger partial charge in [-0.05, 0) is 0 Å². The quantitative estimate of drug-likeness (QED) is 0.542. The van der Waals surface area contributed by atoms with Gasteiger partial charge in [-0.25, -0.2) is 0 Å². The molecule has 0 saturated carbocycles. The number of anilines is 1. The molecule has 1 aliphatic rings. The van der Waals surface area contributed by atoms with Crippen LogP contribution < -0.4 is 4.90 Å². The molecule has 0 spiro atoms. The number of halogens is 2. The Morgan fingerprint density at radius 2 is 1.62 bits per heavy atom. The van der Waals surface area contributed by atoms with Crippen LogP contribution in [-0.4, -0.2) is 38.7 Å². The van der Waals surface area contributed by atoms with Crippen molar-refractivity contribution in [2.45, 2.75) is 9.63 Å². The van der Waals surface area contributed by atoms with Gasteiger partial charge in [-0.2, -0.15) is 0 Å². The molecule has 88 valence electrons. The van der Waals surface area contributed by atoms with Crippen LogP contribution in [0.25, 0.3) is 0 Å². The maximum atomic E-state index is 3.64. The van der Waals surface area contributed by atoms with Crippen LogP contribution in [0.15, 0.2) is 30.3 Å². The zero-order chi connectivity index (χ0) is 11.4. The van der Waals surface area contributed by atoms with E-state index in [1.54, 1.807) is 0 Å². The van der Waals surface area contributed by atoms with E-state index in [1.165, 1.54) is 18.8 Å². The molecule has 0 aromatic heterocycles. The van der Waals surface area contributed by atoms with Crippen LogP contribution in [-0.2, 0) is 0 Å². The number of benzene rings is 1. The third-order valence-corrected chi connectivity index (χ3v) is 9.13. The van der Waals surface area contributed by atoms with Crippen LogP contribution in [0.3, 0.4) is 0 Å². The van der Waals surface area contributed by atoms with E-state index in [4.69, 9.17) is 0 Å². The van der Waals surface area contributed by atoms with Gasteiger partial charge in [-0.3, -0.25) is 0 Å². The van der Waals surface area contributed by atoms with Gasteiger partial charge in [0.1, 0.15) is 0 Å². The van der Waals surface area contributed by atoms with E-state index in [0.29, 0.717) is 0 Å². The molecule has 1 heterocycles. The van der Waals surface area contributed by atoms with E-state index in [9.17, 15) is 0 Å². The molecule has 1 aromatic rings. The number of alkyl halides is 2. The average molecular weight is 412 g/mol. The van der Waals surface area contributed by atoms with Gasteiger partial charge in [0.05, 0.1) is 0 Å². The van der Waals surface area contributed by atoms with Crippen LogP contribution in [0.5, 0.6) is 0 Å². The van der Waals surface area contributed by atoms with Crippen molar-refractivity contribution >= 4 is 52.5 Å². The second-order valence-electron chi connectivity index (χ2n) is 3.93. The van der Waals surface area contributed by atoms with Crippen molar-refractivity contribution in [3.63, 3.8) is 0 Å². The summed E-state index contributed by atoms with van der Waals surface area (Å²) in [6.07, 6.45) is 0.